The van der Waals surface area contributed by atoms with Crippen LogP contribution < -0.4 is 10.6 Å². The molecule has 79 heavy (non-hydrogen) atoms. The Morgan fingerprint density at radius 1 is 0.709 bits per heavy atom. The lowest BCUT2D eigenvalue weighted by Crippen LogP contribution is -2.44. The lowest BCUT2D eigenvalue weighted by atomic mass is 9.88. The van der Waals surface area contributed by atoms with Crippen LogP contribution in [0.2, 0.25) is 0 Å². The zero-order valence-corrected chi connectivity index (χ0v) is 47.6. The fraction of sp³-hybridized carbons (Fsp3) is 0.476. The number of hydrazine groups is 1. The third-order valence-electron chi connectivity index (χ3n) is 14.3. The Kier molecular flexibility index (Phi) is 22.7. The molecule has 424 valence electrons. The number of para-hydroxylation sites is 1. The Hall–Kier alpha value is -7.01. The standard InChI is InChI=1S/C63H81N5O11/c1-42(2)53(61(74)64-44(4)58(71)37-45-26-24-43(3)25-27-45)39-48(69)31-34-77-36-35-76-33-16-23-57(70)55(28-29-60(73)79-63(5,6)7)65-59(72)30-32-68-47(38-46-17-10-15-22-56(46)68)40-66(8)67(9)62(75)78-41-54-51-20-13-11-18-49(51)50-19-12-14-21-52(50)54/h10-15,17-22,24-27,38,42,44,53-55H,16,23,28-37,39-41H2,1-9H3,(H,64,74)(H,65,72)/t44-,53-,55-/m0/s1. The van der Waals surface area contributed by atoms with E-state index in [4.69, 9.17) is 18.9 Å². The Balaban J connectivity index is 0.936. The van der Waals surface area contributed by atoms with Crippen LogP contribution in [-0.4, -0.2) is 121 Å². The number of carbonyl (C=O) groups is 7. The minimum absolute atomic E-state index is 0.0334. The first kappa shape index (κ1) is 61.2. The summed E-state index contributed by atoms with van der Waals surface area (Å²) in [4.78, 5) is 92.7. The summed E-state index contributed by atoms with van der Waals surface area (Å²) in [5.41, 5.74) is 7.58. The molecule has 1 aromatic heterocycles. The number of Topliss-reactive ketones (excluding diaryl/α,β-unsaturated/α-hetero) is 3. The summed E-state index contributed by atoms with van der Waals surface area (Å²) < 4.78 is 24.9. The van der Waals surface area contributed by atoms with Crippen molar-refractivity contribution in [2.75, 3.05) is 47.1 Å². The molecule has 3 atom stereocenters. The first-order valence-corrected chi connectivity index (χ1v) is 27.7. The smallest absolute Gasteiger partial charge is 0.424 e. The average molecular weight is 1080 g/mol. The summed E-state index contributed by atoms with van der Waals surface area (Å²) in [6.45, 7) is 14.3. The molecule has 0 fully saturated rings. The van der Waals surface area contributed by atoms with Gasteiger partial charge in [-0.3, -0.25) is 28.8 Å². The van der Waals surface area contributed by atoms with Crippen LogP contribution in [0, 0.1) is 18.8 Å². The van der Waals surface area contributed by atoms with Gasteiger partial charge in [0.05, 0.1) is 38.4 Å². The molecule has 0 unspecified atom stereocenters. The molecule has 16 nitrogen and oxygen atoms in total. The van der Waals surface area contributed by atoms with Crippen molar-refractivity contribution < 1.29 is 52.5 Å². The number of carbonyl (C=O) groups excluding carboxylic acids is 7. The number of amides is 3. The third kappa shape index (κ3) is 18.3. The highest BCUT2D eigenvalue weighted by atomic mass is 16.6. The first-order chi connectivity index (χ1) is 37.7. The Morgan fingerprint density at radius 2 is 1.34 bits per heavy atom. The van der Waals surface area contributed by atoms with E-state index < -0.39 is 35.7 Å². The van der Waals surface area contributed by atoms with Crippen molar-refractivity contribution in [2.24, 2.45) is 11.8 Å². The van der Waals surface area contributed by atoms with Crippen LogP contribution in [0.5, 0.6) is 0 Å². The predicted molar refractivity (Wildman–Crippen MR) is 304 cm³/mol. The number of esters is 1. The summed E-state index contributed by atoms with van der Waals surface area (Å²) in [5.74, 6) is -2.41. The molecule has 0 bridgehead atoms. The minimum atomic E-state index is -0.935. The van der Waals surface area contributed by atoms with Gasteiger partial charge in [-0.2, -0.15) is 0 Å². The van der Waals surface area contributed by atoms with Gasteiger partial charge in [-0.15, -0.1) is 0 Å². The molecule has 1 heterocycles. The summed E-state index contributed by atoms with van der Waals surface area (Å²) in [6.07, 6.45) is 0.344. The lowest BCUT2D eigenvalue weighted by Gasteiger charge is -2.28. The zero-order valence-electron chi connectivity index (χ0n) is 47.6. The summed E-state index contributed by atoms with van der Waals surface area (Å²) in [7, 11) is 3.47. The van der Waals surface area contributed by atoms with E-state index in [1.807, 2.05) is 104 Å². The van der Waals surface area contributed by atoms with Gasteiger partial charge in [0.25, 0.3) is 0 Å². The van der Waals surface area contributed by atoms with Crippen molar-refractivity contribution in [2.45, 2.75) is 137 Å². The number of hydrogen-bond donors (Lipinski definition) is 2. The number of benzene rings is 4. The van der Waals surface area contributed by atoms with Crippen LogP contribution in [0.4, 0.5) is 4.79 Å². The maximum atomic E-state index is 13.7. The number of rotatable bonds is 31. The van der Waals surface area contributed by atoms with Gasteiger partial charge in [0.2, 0.25) is 11.8 Å². The number of fused-ring (bicyclic) bond motifs is 4. The predicted octanol–water partition coefficient (Wildman–Crippen LogP) is 9.49. The van der Waals surface area contributed by atoms with E-state index in [0.717, 1.165) is 50.0 Å². The maximum Gasteiger partial charge on any atom is 0.424 e. The van der Waals surface area contributed by atoms with E-state index in [-0.39, 0.29) is 126 Å². The van der Waals surface area contributed by atoms with E-state index >= 15 is 0 Å². The van der Waals surface area contributed by atoms with Crippen LogP contribution in [0.15, 0.2) is 103 Å². The zero-order chi connectivity index (χ0) is 57.2. The monoisotopic (exact) mass is 1080 g/mol. The van der Waals surface area contributed by atoms with Crippen LogP contribution >= 0.6 is 0 Å². The molecule has 3 amide bonds. The average Bonchev–Trinajstić information content (AvgIpc) is 4.17. The van der Waals surface area contributed by atoms with Crippen molar-refractivity contribution >= 4 is 52.1 Å². The van der Waals surface area contributed by atoms with E-state index in [9.17, 15) is 33.6 Å². The van der Waals surface area contributed by atoms with Gasteiger partial charge < -0.3 is 34.1 Å². The molecule has 0 spiro atoms. The second-order valence-electron chi connectivity index (χ2n) is 22.0. The third-order valence-corrected chi connectivity index (χ3v) is 14.3. The molecule has 0 saturated heterocycles. The van der Waals surface area contributed by atoms with Gasteiger partial charge in [0.15, 0.2) is 11.6 Å². The quantitative estimate of drug-likeness (QED) is 0.0243. The summed E-state index contributed by atoms with van der Waals surface area (Å²) in [6, 6.07) is 32.3. The molecule has 0 aliphatic heterocycles. The molecule has 16 heteroatoms. The Labute approximate surface area is 465 Å². The van der Waals surface area contributed by atoms with Gasteiger partial charge in [-0.05, 0) is 98.7 Å². The number of ketones is 3. The maximum absolute atomic E-state index is 13.7. The molecule has 0 radical (unpaired) electrons. The summed E-state index contributed by atoms with van der Waals surface area (Å²) >= 11 is 0. The molecule has 1 aliphatic rings. The highest BCUT2D eigenvalue weighted by Gasteiger charge is 2.31. The van der Waals surface area contributed by atoms with Crippen LogP contribution in [0.3, 0.4) is 0 Å². The molecule has 4 aromatic carbocycles. The van der Waals surface area contributed by atoms with Crippen LogP contribution in [0.25, 0.3) is 22.0 Å². The second-order valence-corrected chi connectivity index (χ2v) is 22.0. The molecule has 5 aromatic rings. The largest absolute Gasteiger partial charge is 0.460 e. The van der Waals surface area contributed by atoms with Crippen molar-refractivity contribution in [1.82, 2.24) is 25.2 Å². The van der Waals surface area contributed by atoms with Crippen molar-refractivity contribution in [3.05, 3.63) is 131 Å². The fourth-order valence-corrected chi connectivity index (χ4v) is 9.75. The number of nitrogens with zero attached hydrogens (tertiary/aromatic N) is 3. The van der Waals surface area contributed by atoms with Gasteiger partial charge >= 0.3 is 12.1 Å². The van der Waals surface area contributed by atoms with Gasteiger partial charge in [0, 0.05) is 88.8 Å². The lowest BCUT2D eigenvalue weighted by molar-refractivity contribution is -0.155. The second kappa shape index (κ2) is 29.3. The number of aryl methyl sites for hydroxylation is 2. The van der Waals surface area contributed by atoms with Gasteiger partial charge in [0.1, 0.15) is 18.0 Å². The SMILES string of the molecule is Cc1ccc(CC(=O)[C@H](C)NC(=O)[C@@H](CC(=O)CCOCCOCCCC(=O)[C@H](CCC(=O)OC(C)(C)C)NC(=O)CCn2c(CN(C)N(C)C(=O)OCC3c4ccccc4-c4ccccc43)cc3ccccc32)C(C)C)cc1. The number of hydrogen-bond acceptors (Lipinski definition) is 12. The highest BCUT2D eigenvalue weighted by Crippen LogP contribution is 2.44. The highest BCUT2D eigenvalue weighted by molar-refractivity contribution is 5.93. The van der Waals surface area contributed by atoms with E-state index in [1.54, 1.807) is 46.8 Å². The number of nitrogens with one attached hydrogen (secondary N) is 2. The molecule has 6 rings (SSSR count). The van der Waals surface area contributed by atoms with Gasteiger partial charge in [-0.1, -0.05) is 110 Å². The van der Waals surface area contributed by atoms with E-state index in [0.29, 0.717) is 13.0 Å². The minimum Gasteiger partial charge on any atom is -0.460 e. The molecule has 1 aliphatic carbocycles. The molecule has 2 N–H and O–H groups in total. The van der Waals surface area contributed by atoms with E-state index in [2.05, 4.69) is 34.9 Å². The Morgan fingerprint density at radius 3 is 2.00 bits per heavy atom. The van der Waals surface area contributed by atoms with Gasteiger partial charge in [-0.25, -0.2) is 14.8 Å². The number of ether oxygens (including phenoxy) is 4. The number of aromatic nitrogens is 1. The topological polar surface area (TPSA) is 192 Å². The van der Waals surface area contributed by atoms with Crippen molar-refractivity contribution in [3.8, 4) is 11.1 Å². The first-order valence-electron chi connectivity index (χ1n) is 27.7. The van der Waals surface area contributed by atoms with Crippen LogP contribution in [-0.2, 0) is 67.2 Å². The van der Waals surface area contributed by atoms with E-state index in [1.165, 1.54) is 5.01 Å². The molecule has 0 saturated carbocycles. The fourth-order valence-electron chi connectivity index (χ4n) is 9.75. The Bertz CT molecular complexity index is 2840. The molecular weight excluding hydrogens is 1000 g/mol. The van der Waals surface area contributed by atoms with Crippen molar-refractivity contribution in [3.63, 3.8) is 0 Å². The summed E-state index contributed by atoms with van der Waals surface area (Å²) in [5, 5.41) is 9.90. The molecular formula is C63H81N5O11. The van der Waals surface area contributed by atoms with Crippen LogP contribution in [0.1, 0.15) is 120 Å². The van der Waals surface area contributed by atoms with Crippen molar-refractivity contribution in [1.29, 1.82) is 0 Å². The normalized spacial score (nSPS) is 13.4.